The lowest BCUT2D eigenvalue weighted by Gasteiger charge is -2.24. The fourth-order valence-corrected chi connectivity index (χ4v) is 4.39. The summed E-state index contributed by atoms with van der Waals surface area (Å²) >= 11 is 0. The molecule has 3 aromatic rings. The van der Waals surface area contributed by atoms with Crippen LogP contribution in [0.3, 0.4) is 0 Å². The number of carbonyl (C=O) groups excluding carboxylic acids is 1. The third kappa shape index (κ3) is 5.36. The second-order valence-electron chi connectivity index (χ2n) is 6.64. The van der Waals surface area contributed by atoms with Gasteiger partial charge >= 0.3 is 0 Å². The molecule has 9 heteroatoms. The minimum absolute atomic E-state index is 0.141. The summed E-state index contributed by atoms with van der Waals surface area (Å²) in [6, 6.07) is 17.5. The molecule has 0 bridgehead atoms. The Labute approximate surface area is 186 Å². The van der Waals surface area contributed by atoms with Crippen molar-refractivity contribution in [1.29, 1.82) is 0 Å². The normalized spacial score (nSPS) is 11.0. The van der Waals surface area contributed by atoms with Gasteiger partial charge in [0.1, 0.15) is 23.9 Å². The molecule has 1 amide bonds. The maximum atomic E-state index is 13.3. The first kappa shape index (κ1) is 23.1. The average Bonchev–Trinajstić information content (AvgIpc) is 2.79. The number of para-hydroxylation sites is 2. The Morgan fingerprint density at radius 1 is 1.00 bits per heavy atom. The summed E-state index contributed by atoms with van der Waals surface area (Å²) in [6.45, 7) is 1.72. The molecule has 168 valence electrons. The Morgan fingerprint density at radius 3 is 2.28 bits per heavy atom. The molecule has 0 saturated carbocycles. The van der Waals surface area contributed by atoms with Crippen LogP contribution in [0.1, 0.15) is 6.92 Å². The Hall–Kier alpha value is -3.59. The van der Waals surface area contributed by atoms with Crippen LogP contribution in [0.25, 0.3) is 0 Å². The van der Waals surface area contributed by atoms with E-state index in [1.54, 1.807) is 36.4 Å². The topological polar surface area (TPSA) is 84.9 Å². The van der Waals surface area contributed by atoms with Crippen LogP contribution in [0.5, 0.6) is 11.5 Å². The minimum atomic E-state index is -4.16. The first-order valence-corrected chi connectivity index (χ1v) is 11.2. The Morgan fingerprint density at radius 2 is 1.66 bits per heavy atom. The minimum Gasteiger partial charge on any atom is -0.497 e. The zero-order valence-corrected chi connectivity index (χ0v) is 18.4. The number of amides is 1. The highest BCUT2D eigenvalue weighted by Gasteiger charge is 2.27. The number of nitrogens with one attached hydrogen (secondary N) is 1. The van der Waals surface area contributed by atoms with E-state index in [1.807, 2.05) is 6.92 Å². The molecule has 0 radical (unpaired) electrons. The number of sulfonamides is 1. The summed E-state index contributed by atoms with van der Waals surface area (Å²) in [7, 11) is -2.67. The van der Waals surface area contributed by atoms with Crippen molar-refractivity contribution in [3.63, 3.8) is 0 Å². The van der Waals surface area contributed by atoms with E-state index in [-0.39, 0.29) is 10.6 Å². The Kier molecular flexibility index (Phi) is 7.32. The van der Waals surface area contributed by atoms with Crippen LogP contribution in [0.15, 0.2) is 77.7 Å². The number of nitrogens with zero attached hydrogens (tertiary/aromatic N) is 1. The number of methoxy groups -OCH3 is 1. The van der Waals surface area contributed by atoms with Gasteiger partial charge in [-0.3, -0.25) is 9.10 Å². The van der Waals surface area contributed by atoms with Gasteiger partial charge in [-0.2, -0.15) is 0 Å². The predicted molar refractivity (Wildman–Crippen MR) is 120 cm³/mol. The van der Waals surface area contributed by atoms with Gasteiger partial charge < -0.3 is 14.8 Å². The maximum Gasteiger partial charge on any atom is 0.264 e. The largest absolute Gasteiger partial charge is 0.497 e. The van der Waals surface area contributed by atoms with Crippen molar-refractivity contribution >= 4 is 27.3 Å². The van der Waals surface area contributed by atoms with Crippen LogP contribution in [0.4, 0.5) is 15.8 Å². The molecule has 0 heterocycles. The van der Waals surface area contributed by atoms with Crippen LogP contribution < -0.4 is 19.1 Å². The third-order valence-corrected chi connectivity index (χ3v) is 6.30. The number of carbonyl (C=O) groups is 1. The Bertz CT molecular complexity index is 1170. The highest BCUT2D eigenvalue weighted by atomic mass is 32.2. The molecular formula is C23H23FN2O5S. The van der Waals surface area contributed by atoms with E-state index in [1.165, 1.54) is 19.2 Å². The Balaban J connectivity index is 1.93. The molecule has 0 fully saturated rings. The highest BCUT2D eigenvalue weighted by molar-refractivity contribution is 7.92. The molecule has 0 atom stereocenters. The van der Waals surface area contributed by atoms with E-state index in [4.69, 9.17) is 9.47 Å². The second kappa shape index (κ2) is 10.1. The number of benzene rings is 3. The molecule has 0 aromatic heterocycles. The van der Waals surface area contributed by atoms with Gasteiger partial charge in [-0.25, -0.2) is 12.8 Å². The van der Waals surface area contributed by atoms with Crippen molar-refractivity contribution in [1.82, 2.24) is 0 Å². The maximum absolute atomic E-state index is 13.3. The smallest absolute Gasteiger partial charge is 0.264 e. The van der Waals surface area contributed by atoms with Crippen molar-refractivity contribution in [2.24, 2.45) is 0 Å². The summed E-state index contributed by atoms with van der Waals surface area (Å²) in [5.74, 6) is -0.132. The van der Waals surface area contributed by atoms with Crippen molar-refractivity contribution < 1.29 is 27.1 Å². The fraction of sp³-hybridized carbons (Fsp3) is 0.174. The third-order valence-electron chi connectivity index (χ3n) is 4.51. The van der Waals surface area contributed by atoms with Gasteiger partial charge in [-0.1, -0.05) is 12.1 Å². The molecule has 7 nitrogen and oxygen atoms in total. The van der Waals surface area contributed by atoms with Crippen LogP contribution in [-0.4, -0.2) is 34.6 Å². The summed E-state index contributed by atoms with van der Waals surface area (Å²) < 4.78 is 51.6. The summed E-state index contributed by atoms with van der Waals surface area (Å²) in [4.78, 5) is 12.7. The monoisotopic (exact) mass is 458 g/mol. The summed E-state index contributed by atoms with van der Waals surface area (Å²) in [5.41, 5.74) is 0.677. The first-order chi connectivity index (χ1) is 15.3. The summed E-state index contributed by atoms with van der Waals surface area (Å²) in [6.07, 6.45) is 0. The van der Waals surface area contributed by atoms with Crippen molar-refractivity contribution in [3.8, 4) is 11.5 Å². The SMILES string of the molecule is CCOc1ccccc1NC(=O)CN(c1ccc(OC)cc1)S(=O)(=O)c1ccc(F)cc1. The number of ether oxygens (including phenoxy) is 2. The van der Waals surface area contributed by atoms with E-state index < -0.39 is 28.3 Å². The van der Waals surface area contributed by atoms with Crippen molar-refractivity contribution in [2.75, 3.05) is 29.9 Å². The lowest BCUT2D eigenvalue weighted by molar-refractivity contribution is -0.114. The van der Waals surface area contributed by atoms with Gasteiger partial charge in [0, 0.05) is 0 Å². The van der Waals surface area contributed by atoms with Gasteiger partial charge in [0.05, 0.1) is 30.0 Å². The quantitative estimate of drug-likeness (QED) is 0.523. The van der Waals surface area contributed by atoms with Crippen molar-refractivity contribution in [3.05, 3.63) is 78.6 Å². The lowest BCUT2D eigenvalue weighted by atomic mass is 10.3. The number of halogens is 1. The number of anilines is 2. The zero-order valence-electron chi connectivity index (χ0n) is 17.6. The van der Waals surface area contributed by atoms with Crippen LogP contribution >= 0.6 is 0 Å². The van der Waals surface area contributed by atoms with Gasteiger partial charge in [0.2, 0.25) is 5.91 Å². The zero-order chi connectivity index (χ0) is 23.1. The van der Waals surface area contributed by atoms with E-state index in [0.717, 1.165) is 28.6 Å². The van der Waals surface area contributed by atoms with Gasteiger partial charge in [0.25, 0.3) is 10.0 Å². The first-order valence-electron chi connectivity index (χ1n) is 9.79. The van der Waals surface area contributed by atoms with Crippen molar-refractivity contribution in [2.45, 2.75) is 11.8 Å². The second-order valence-corrected chi connectivity index (χ2v) is 8.50. The highest BCUT2D eigenvalue weighted by Crippen LogP contribution is 2.27. The summed E-state index contributed by atoms with van der Waals surface area (Å²) in [5, 5.41) is 2.70. The number of hydrogen-bond acceptors (Lipinski definition) is 5. The number of hydrogen-bond donors (Lipinski definition) is 1. The molecule has 0 unspecified atom stereocenters. The molecule has 0 aliphatic heterocycles. The predicted octanol–water partition coefficient (Wildman–Crippen LogP) is 4.07. The standard InChI is InChI=1S/C23H23FN2O5S/c1-3-31-22-7-5-4-6-21(22)25-23(27)16-26(18-10-12-19(30-2)13-11-18)32(28,29)20-14-8-17(24)9-15-20/h4-15H,3,16H2,1-2H3,(H,25,27). The van der Waals surface area contributed by atoms with Crippen LogP contribution in [0, 0.1) is 5.82 Å². The molecule has 32 heavy (non-hydrogen) atoms. The molecule has 1 N–H and O–H groups in total. The molecular weight excluding hydrogens is 435 g/mol. The van der Waals surface area contributed by atoms with E-state index in [9.17, 15) is 17.6 Å². The average molecular weight is 459 g/mol. The van der Waals surface area contributed by atoms with Gasteiger partial charge in [0.15, 0.2) is 0 Å². The van der Waals surface area contributed by atoms with Crippen LogP contribution in [0.2, 0.25) is 0 Å². The molecule has 3 rings (SSSR count). The van der Waals surface area contributed by atoms with Gasteiger partial charge in [-0.05, 0) is 67.6 Å². The molecule has 0 aliphatic rings. The molecule has 0 spiro atoms. The van der Waals surface area contributed by atoms with Gasteiger partial charge in [-0.15, -0.1) is 0 Å². The molecule has 0 saturated heterocycles. The molecule has 0 aliphatic carbocycles. The van der Waals surface area contributed by atoms with E-state index >= 15 is 0 Å². The van der Waals surface area contributed by atoms with E-state index in [0.29, 0.717) is 23.8 Å². The fourth-order valence-electron chi connectivity index (χ4n) is 2.97. The lowest BCUT2D eigenvalue weighted by Crippen LogP contribution is -2.38. The van der Waals surface area contributed by atoms with Crippen LogP contribution in [-0.2, 0) is 14.8 Å². The molecule has 3 aromatic carbocycles. The number of rotatable bonds is 9. The van der Waals surface area contributed by atoms with E-state index in [2.05, 4.69) is 5.32 Å².